The number of carboxylic acid groups (broad SMARTS) is 2. The molecule has 0 aromatic heterocycles. The lowest BCUT2D eigenvalue weighted by Crippen LogP contribution is -2.56. The molecule has 0 amide bonds. The zero-order valence-corrected chi connectivity index (χ0v) is 10.6. The highest BCUT2D eigenvalue weighted by Gasteiger charge is 2.60. The van der Waals surface area contributed by atoms with Gasteiger partial charge in [0.15, 0.2) is 5.41 Å². The summed E-state index contributed by atoms with van der Waals surface area (Å²) >= 11 is 0. The zero-order chi connectivity index (χ0) is 13.1. The van der Waals surface area contributed by atoms with Gasteiger partial charge in [0.1, 0.15) is 0 Å². The van der Waals surface area contributed by atoms with Crippen LogP contribution >= 0.6 is 0 Å². The molecule has 0 radical (unpaired) electrons. The molecule has 0 aliphatic heterocycles. The molecular formula is C14H20O4. The van der Waals surface area contributed by atoms with Crippen LogP contribution in [-0.2, 0) is 9.59 Å². The van der Waals surface area contributed by atoms with Crippen LogP contribution in [0.25, 0.3) is 0 Å². The SMILES string of the molecule is CC(C(=O)O)(C(=O)O)C1C2CC3CC(C2)CC1C3. The second-order valence-corrected chi connectivity index (χ2v) is 6.77. The van der Waals surface area contributed by atoms with Crippen molar-refractivity contribution in [1.29, 1.82) is 0 Å². The molecule has 4 heteroatoms. The Morgan fingerprint density at radius 3 is 1.61 bits per heavy atom. The molecule has 0 aromatic rings. The molecule has 4 nitrogen and oxygen atoms in total. The molecule has 4 aliphatic carbocycles. The van der Waals surface area contributed by atoms with Crippen molar-refractivity contribution >= 4 is 11.9 Å². The van der Waals surface area contributed by atoms with E-state index < -0.39 is 17.4 Å². The largest absolute Gasteiger partial charge is 0.480 e. The highest BCUT2D eigenvalue weighted by Crippen LogP contribution is 2.60. The predicted octanol–water partition coefficient (Wildman–Crippen LogP) is 2.23. The Bertz CT molecular complexity index is 359. The Labute approximate surface area is 106 Å². The molecule has 100 valence electrons. The molecule has 18 heavy (non-hydrogen) atoms. The molecule has 2 N–H and O–H groups in total. The normalized spacial score (nSPS) is 41.9. The number of rotatable bonds is 3. The van der Waals surface area contributed by atoms with Crippen LogP contribution in [0.5, 0.6) is 0 Å². The molecule has 4 fully saturated rings. The van der Waals surface area contributed by atoms with Crippen LogP contribution < -0.4 is 0 Å². The molecule has 0 heterocycles. The minimum absolute atomic E-state index is 0.166. The molecule has 0 saturated heterocycles. The Morgan fingerprint density at radius 2 is 1.28 bits per heavy atom. The Morgan fingerprint density at radius 1 is 0.889 bits per heavy atom. The van der Waals surface area contributed by atoms with Crippen LogP contribution in [0.15, 0.2) is 0 Å². The molecule has 4 aliphatic rings. The summed E-state index contributed by atoms with van der Waals surface area (Å²) in [7, 11) is 0. The molecule has 4 saturated carbocycles. The zero-order valence-electron chi connectivity index (χ0n) is 10.6. The van der Waals surface area contributed by atoms with Crippen LogP contribution in [0.4, 0.5) is 0 Å². The lowest BCUT2D eigenvalue weighted by Gasteiger charge is -2.57. The van der Waals surface area contributed by atoms with Gasteiger partial charge in [0.2, 0.25) is 0 Å². The maximum atomic E-state index is 11.5. The average molecular weight is 252 g/mol. The summed E-state index contributed by atoms with van der Waals surface area (Å²) in [5.41, 5.74) is -1.59. The maximum Gasteiger partial charge on any atom is 0.321 e. The van der Waals surface area contributed by atoms with Crippen LogP contribution in [0.3, 0.4) is 0 Å². The van der Waals surface area contributed by atoms with Gasteiger partial charge in [-0.1, -0.05) is 0 Å². The lowest BCUT2D eigenvalue weighted by molar-refractivity contribution is -0.181. The summed E-state index contributed by atoms with van der Waals surface area (Å²) in [6, 6.07) is 0. The number of carbonyl (C=O) groups is 2. The molecular weight excluding hydrogens is 232 g/mol. The van der Waals surface area contributed by atoms with Crippen LogP contribution in [0.1, 0.15) is 39.0 Å². The third-order valence-electron chi connectivity index (χ3n) is 5.78. The van der Waals surface area contributed by atoms with E-state index in [1.165, 1.54) is 13.3 Å². The average Bonchev–Trinajstić information content (AvgIpc) is 2.26. The van der Waals surface area contributed by atoms with Gasteiger partial charge in [-0.3, -0.25) is 9.59 Å². The van der Waals surface area contributed by atoms with Crippen molar-refractivity contribution in [2.24, 2.45) is 35.0 Å². The molecule has 0 atom stereocenters. The Balaban J connectivity index is 1.96. The quantitative estimate of drug-likeness (QED) is 0.755. The van der Waals surface area contributed by atoms with Crippen LogP contribution in [-0.4, -0.2) is 22.2 Å². The number of aliphatic carboxylic acids is 2. The van der Waals surface area contributed by atoms with Gasteiger partial charge in [0.05, 0.1) is 0 Å². The molecule has 4 rings (SSSR count). The minimum atomic E-state index is -1.59. The van der Waals surface area contributed by atoms with E-state index in [0.717, 1.165) is 37.5 Å². The van der Waals surface area contributed by atoms with E-state index >= 15 is 0 Å². The third-order valence-corrected chi connectivity index (χ3v) is 5.78. The standard InChI is InChI=1S/C14H20O4/c1-14(12(15)16,13(17)18)11-9-3-7-2-8(5-9)6-10(11)4-7/h7-11H,2-6H2,1H3,(H,15,16)(H,17,18). The first-order chi connectivity index (χ1) is 8.42. The van der Waals surface area contributed by atoms with Crippen molar-refractivity contribution in [3.63, 3.8) is 0 Å². The van der Waals surface area contributed by atoms with Gasteiger partial charge >= 0.3 is 11.9 Å². The maximum absolute atomic E-state index is 11.5. The summed E-state index contributed by atoms with van der Waals surface area (Å²) in [6.07, 6.45) is 5.49. The lowest BCUT2D eigenvalue weighted by atomic mass is 9.47. The first-order valence-corrected chi connectivity index (χ1v) is 6.89. The monoisotopic (exact) mass is 252 g/mol. The van der Waals surface area contributed by atoms with E-state index in [1.807, 2.05) is 0 Å². The second kappa shape index (κ2) is 3.72. The fourth-order valence-electron chi connectivity index (χ4n) is 5.24. The van der Waals surface area contributed by atoms with E-state index in [-0.39, 0.29) is 5.92 Å². The van der Waals surface area contributed by atoms with Crippen molar-refractivity contribution in [2.75, 3.05) is 0 Å². The number of hydrogen-bond donors (Lipinski definition) is 2. The van der Waals surface area contributed by atoms with Crippen molar-refractivity contribution in [3.05, 3.63) is 0 Å². The molecule has 0 spiro atoms. The van der Waals surface area contributed by atoms with E-state index in [2.05, 4.69) is 0 Å². The van der Waals surface area contributed by atoms with Gasteiger partial charge in [-0.25, -0.2) is 0 Å². The summed E-state index contributed by atoms with van der Waals surface area (Å²) in [4.78, 5) is 23.0. The van der Waals surface area contributed by atoms with Gasteiger partial charge in [-0.05, 0) is 68.6 Å². The predicted molar refractivity (Wildman–Crippen MR) is 63.9 cm³/mol. The highest BCUT2D eigenvalue weighted by molar-refractivity contribution is 5.98. The van der Waals surface area contributed by atoms with Gasteiger partial charge in [-0.2, -0.15) is 0 Å². The fourth-order valence-corrected chi connectivity index (χ4v) is 5.24. The number of carboxylic acids is 2. The van der Waals surface area contributed by atoms with E-state index in [0.29, 0.717) is 11.8 Å². The second-order valence-electron chi connectivity index (χ2n) is 6.77. The van der Waals surface area contributed by atoms with Gasteiger partial charge in [0, 0.05) is 0 Å². The topological polar surface area (TPSA) is 74.6 Å². The van der Waals surface area contributed by atoms with Crippen molar-refractivity contribution in [2.45, 2.75) is 39.0 Å². The summed E-state index contributed by atoms with van der Waals surface area (Å²) in [6.45, 7) is 1.42. The van der Waals surface area contributed by atoms with Crippen LogP contribution in [0, 0.1) is 35.0 Å². The third kappa shape index (κ3) is 1.44. The highest BCUT2D eigenvalue weighted by atomic mass is 16.4. The minimum Gasteiger partial charge on any atom is -0.480 e. The van der Waals surface area contributed by atoms with Gasteiger partial charge < -0.3 is 10.2 Å². The molecule has 4 bridgehead atoms. The molecule has 0 aromatic carbocycles. The van der Waals surface area contributed by atoms with Crippen molar-refractivity contribution < 1.29 is 19.8 Å². The summed E-state index contributed by atoms with van der Waals surface area (Å²) in [5.74, 6) is -0.386. The Hall–Kier alpha value is -1.06. The van der Waals surface area contributed by atoms with E-state index in [9.17, 15) is 19.8 Å². The Kier molecular flexibility index (Phi) is 2.48. The molecule has 0 unspecified atom stereocenters. The summed E-state index contributed by atoms with van der Waals surface area (Å²) in [5, 5.41) is 18.8. The first-order valence-electron chi connectivity index (χ1n) is 6.89. The van der Waals surface area contributed by atoms with Crippen molar-refractivity contribution in [1.82, 2.24) is 0 Å². The van der Waals surface area contributed by atoms with Crippen molar-refractivity contribution in [3.8, 4) is 0 Å². The van der Waals surface area contributed by atoms with Crippen LogP contribution in [0.2, 0.25) is 0 Å². The number of hydrogen-bond acceptors (Lipinski definition) is 2. The fraction of sp³-hybridized carbons (Fsp3) is 0.857. The smallest absolute Gasteiger partial charge is 0.321 e. The summed E-state index contributed by atoms with van der Waals surface area (Å²) < 4.78 is 0. The van der Waals surface area contributed by atoms with E-state index in [1.54, 1.807) is 0 Å². The van der Waals surface area contributed by atoms with Gasteiger partial charge in [0.25, 0.3) is 0 Å². The first kappa shape index (κ1) is 12.0. The van der Waals surface area contributed by atoms with E-state index in [4.69, 9.17) is 0 Å². The van der Waals surface area contributed by atoms with Gasteiger partial charge in [-0.15, -0.1) is 0 Å².